The van der Waals surface area contributed by atoms with Crippen molar-refractivity contribution in [1.82, 2.24) is 5.06 Å². The molecule has 100 valence electrons. The Morgan fingerprint density at radius 3 is 2.24 bits per heavy atom. The van der Waals surface area contributed by atoms with Crippen LogP contribution in [0.25, 0.3) is 0 Å². The largest absolute Gasteiger partial charge is 0.448 e. The van der Waals surface area contributed by atoms with Crippen molar-refractivity contribution in [2.24, 2.45) is 0 Å². The highest BCUT2D eigenvalue weighted by molar-refractivity contribution is 5.73. The summed E-state index contributed by atoms with van der Waals surface area (Å²) in [6.07, 6.45) is 3.12. The maximum atomic E-state index is 11.5. The molecule has 0 atom stereocenters. The Morgan fingerprint density at radius 1 is 1.06 bits per heavy atom. The molecular formula is C12H23NO4. The molecule has 0 bridgehead atoms. The predicted octanol–water partition coefficient (Wildman–Crippen LogP) is 2.89. The molecule has 0 rings (SSSR count). The molecule has 1 amide bonds. The monoisotopic (exact) mass is 245 g/mol. The van der Waals surface area contributed by atoms with E-state index in [0.29, 0.717) is 13.0 Å². The number of hydrogen-bond donors (Lipinski definition) is 0. The third kappa shape index (κ3) is 7.60. The lowest BCUT2D eigenvalue weighted by Crippen LogP contribution is -2.35. The van der Waals surface area contributed by atoms with Crippen molar-refractivity contribution in [2.45, 2.75) is 52.9 Å². The van der Waals surface area contributed by atoms with E-state index in [4.69, 9.17) is 9.57 Å². The third-order valence-corrected chi connectivity index (χ3v) is 2.13. The number of carbonyl (C=O) groups excluding carboxylic acids is 2. The van der Waals surface area contributed by atoms with Crippen LogP contribution in [0.3, 0.4) is 0 Å². The molecule has 0 fully saturated rings. The number of unbranched alkanes of at least 4 members (excludes halogenated alkanes) is 2. The molecule has 0 heterocycles. The van der Waals surface area contributed by atoms with Crippen LogP contribution in [0.15, 0.2) is 0 Å². The van der Waals surface area contributed by atoms with Gasteiger partial charge in [-0.2, -0.15) is 0 Å². The van der Waals surface area contributed by atoms with Crippen LogP contribution in [0.1, 0.15) is 52.9 Å². The molecule has 0 saturated carbocycles. The molecule has 5 nitrogen and oxygen atoms in total. The Hall–Kier alpha value is -1.26. The fourth-order valence-electron chi connectivity index (χ4n) is 1.16. The van der Waals surface area contributed by atoms with Gasteiger partial charge in [0.25, 0.3) is 0 Å². The van der Waals surface area contributed by atoms with E-state index in [1.807, 2.05) is 13.8 Å². The normalized spacial score (nSPS) is 9.82. The lowest BCUT2D eigenvalue weighted by molar-refractivity contribution is -0.182. The van der Waals surface area contributed by atoms with Gasteiger partial charge in [-0.1, -0.05) is 26.7 Å². The average molecular weight is 245 g/mol. The first-order chi connectivity index (χ1) is 8.15. The van der Waals surface area contributed by atoms with Crippen LogP contribution in [0.2, 0.25) is 0 Å². The van der Waals surface area contributed by atoms with Gasteiger partial charge in [-0.3, -0.25) is 0 Å². The van der Waals surface area contributed by atoms with E-state index in [2.05, 4.69) is 0 Å². The summed E-state index contributed by atoms with van der Waals surface area (Å²) in [7, 11) is 0. The first-order valence-electron chi connectivity index (χ1n) is 6.30. The number of nitrogens with zero attached hydrogens (tertiary/aromatic N) is 1. The van der Waals surface area contributed by atoms with E-state index in [1.165, 1.54) is 0 Å². The molecule has 0 aromatic rings. The first kappa shape index (κ1) is 15.7. The minimum atomic E-state index is -0.592. The highest BCUT2D eigenvalue weighted by Gasteiger charge is 2.18. The SMILES string of the molecule is CCCCC(=O)ON(CCCC)C(=O)OCC. The van der Waals surface area contributed by atoms with Crippen LogP contribution in [0, 0.1) is 0 Å². The molecule has 0 aliphatic rings. The standard InChI is InChI=1S/C12H23NO4/c1-4-7-9-11(14)17-13(10-8-5-2)12(15)16-6-3/h4-10H2,1-3H3. The Bertz CT molecular complexity index is 231. The van der Waals surface area contributed by atoms with E-state index >= 15 is 0 Å². The first-order valence-corrected chi connectivity index (χ1v) is 6.30. The van der Waals surface area contributed by atoms with Gasteiger partial charge in [0.15, 0.2) is 0 Å². The molecule has 0 saturated heterocycles. The molecule has 17 heavy (non-hydrogen) atoms. The molecule has 0 unspecified atom stereocenters. The lowest BCUT2D eigenvalue weighted by atomic mass is 10.3. The van der Waals surface area contributed by atoms with Gasteiger partial charge in [0.1, 0.15) is 0 Å². The summed E-state index contributed by atoms with van der Waals surface area (Å²) in [6.45, 7) is 6.37. The average Bonchev–Trinajstić information content (AvgIpc) is 2.32. The molecular weight excluding hydrogens is 222 g/mol. The fourth-order valence-corrected chi connectivity index (χ4v) is 1.16. The van der Waals surface area contributed by atoms with Crippen LogP contribution < -0.4 is 0 Å². The Kier molecular flexibility index (Phi) is 9.19. The summed E-state index contributed by atoms with van der Waals surface area (Å²) >= 11 is 0. The van der Waals surface area contributed by atoms with Gasteiger partial charge in [0.2, 0.25) is 0 Å². The zero-order valence-corrected chi connectivity index (χ0v) is 11.0. The third-order valence-electron chi connectivity index (χ3n) is 2.13. The number of rotatable bonds is 7. The molecule has 0 aliphatic carbocycles. The molecule has 0 aliphatic heterocycles. The van der Waals surface area contributed by atoms with Gasteiger partial charge in [-0.05, 0) is 19.8 Å². The van der Waals surface area contributed by atoms with E-state index in [1.54, 1.807) is 6.92 Å². The molecule has 0 aromatic heterocycles. The van der Waals surface area contributed by atoms with Gasteiger partial charge in [-0.15, -0.1) is 5.06 Å². The molecule has 0 N–H and O–H groups in total. The van der Waals surface area contributed by atoms with Crippen LogP contribution in [-0.4, -0.2) is 30.3 Å². The van der Waals surface area contributed by atoms with E-state index in [-0.39, 0.29) is 12.6 Å². The summed E-state index contributed by atoms with van der Waals surface area (Å²) in [5.74, 6) is -0.379. The minimum absolute atomic E-state index is 0.272. The quantitative estimate of drug-likeness (QED) is 0.647. The van der Waals surface area contributed by atoms with E-state index in [0.717, 1.165) is 30.7 Å². The number of hydrogen-bond acceptors (Lipinski definition) is 4. The van der Waals surface area contributed by atoms with Crippen molar-refractivity contribution in [2.75, 3.05) is 13.2 Å². The smallest absolute Gasteiger partial charge is 0.443 e. The minimum Gasteiger partial charge on any atom is -0.448 e. The fraction of sp³-hybridized carbons (Fsp3) is 0.833. The molecule has 0 aromatic carbocycles. The van der Waals surface area contributed by atoms with Crippen molar-refractivity contribution in [3.8, 4) is 0 Å². The molecule has 5 heteroatoms. The van der Waals surface area contributed by atoms with E-state index in [9.17, 15) is 9.59 Å². The Morgan fingerprint density at radius 2 is 1.71 bits per heavy atom. The van der Waals surface area contributed by atoms with Gasteiger partial charge in [0, 0.05) is 6.42 Å². The lowest BCUT2D eigenvalue weighted by Gasteiger charge is -2.19. The zero-order chi connectivity index (χ0) is 13.1. The van der Waals surface area contributed by atoms with Crippen LogP contribution in [-0.2, 0) is 14.4 Å². The Balaban J connectivity index is 4.16. The van der Waals surface area contributed by atoms with Crippen LogP contribution in [0.5, 0.6) is 0 Å². The van der Waals surface area contributed by atoms with Crippen molar-refractivity contribution in [3.63, 3.8) is 0 Å². The van der Waals surface area contributed by atoms with E-state index < -0.39 is 6.09 Å². The van der Waals surface area contributed by atoms with Crippen molar-refractivity contribution >= 4 is 12.1 Å². The second-order valence-electron chi connectivity index (χ2n) is 3.72. The zero-order valence-electron chi connectivity index (χ0n) is 11.0. The summed E-state index contributed by atoms with van der Waals surface area (Å²) in [5, 5.41) is 1.02. The number of ether oxygens (including phenoxy) is 1. The van der Waals surface area contributed by atoms with Crippen LogP contribution in [0.4, 0.5) is 4.79 Å². The predicted molar refractivity (Wildman–Crippen MR) is 64.3 cm³/mol. The summed E-state index contributed by atoms with van der Waals surface area (Å²) in [6, 6.07) is 0. The second-order valence-corrected chi connectivity index (χ2v) is 3.72. The summed E-state index contributed by atoms with van der Waals surface area (Å²) in [5.41, 5.74) is 0. The Labute approximate surface area is 103 Å². The molecule has 0 radical (unpaired) electrons. The summed E-state index contributed by atoms with van der Waals surface area (Å²) in [4.78, 5) is 27.9. The van der Waals surface area contributed by atoms with Gasteiger partial charge in [-0.25, -0.2) is 9.59 Å². The number of hydroxylamine groups is 2. The van der Waals surface area contributed by atoms with Gasteiger partial charge in [0.05, 0.1) is 13.2 Å². The van der Waals surface area contributed by atoms with Gasteiger partial charge >= 0.3 is 12.1 Å². The second kappa shape index (κ2) is 9.93. The topological polar surface area (TPSA) is 55.8 Å². The highest BCUT2D eigenvalue weighted by Crippen LogP contribution is 2.04. The maximum Gasteiger partial charge on any atom is 0.443 e. The highest BCUT2D eigenvalue weighted by atomic mass is 16.7. The number of carbonyl (C=O) groups is 2. The van der Waals surface area contributed by atoms with Gasteiger partial charge < -0.3 is 9.57 Å². The van der Waals surface area contributed by atoms with Crippen LogP contribution >= 0.6 is 0 Å². The van der Waals surface area contributed by atoms with Crippen molar-refractivity contribution < 1.29 is 19.2 Å². The van der Waals surface area contributed by atoms with Crippen molar-refractivity contribution in [1.29, 1.82) is 0 Å². The molecule has 0 spiro atoms. The number of amides is 1. The summed E-state index contributed by atoms with van der Waals surface area (Å²) < 4.78 is 4.82. The maximum absolute atomic E-state index is 11.5. The van der Waals surface area contributed by atoms with Crippen molar-refractivity contribution in [3.05, 3.63) is 0 Å².